The number of benzene rings is 1. The van der Waals surface area contributed by atoms with Gasteiger partial charge in [0.25, 0.3) is 0 Å². The zero-order valence-electron chi connectivity index (χ0n) is 4.71. The van der Waals surface area contributed by atoms with Gasteiger partial charge in [-0.1, -0.05) is 30.3 Å². The fraction of sp³-hybridized carbons (Fsp3) is 0. The Bertz CT molecular complexity index is 176. The molecule has 1 aromatic rings. The van der Waals surface area contributed by atoms with Crippen molar-refractivity contribution in [1.29, 1.82) is 0 Å². The van der Waals surface area contributed by atoms with Crippen LogP contribution in [0.3, 0.4) is 0 Å². The van der Waals surface area contributed by atoms with E-state index in [1.165, 1.54) is 0 Å². The second kappa shape index (κ2) is 2.75. The summed E-state index contributed by atoms with van der Waals surface area (Å²) in [6, 6.07) is 8.35. The second-order valence-corrected chi connectivity index (χ2v) is 2.82. The van der Waals surface area contributed by atoms with Gasteiger partial charge in [0.15, 0.2) is 0 Å². The van der Waals surface area contributed by atoms with E-state index in [9.17, 15) is 4.11 Å². The number of rotatable bonds is 1. The van der Waals surface area contributed by atoms with Gasteiger partial charge in [-0.25, -0.2) is 0 Å². The molecule has 0 fully saturated rings. The molecule has 0 bridgehead atoms. The molecule has 0 saturated carbocycles. The minimum absolute atomic E-state index is 0.405. The van der Waals surface area contributed by atoms with Crippen LogP contribution in [0.2, 0.25) is 0 Å². The summed E-state index contributed by atoms with van der Waals surface area (Å²) in [5.74, 6) is 0. The third-order valence-electron chi connectivity index (χ3n) is 1.01. The maximum absolute atomic E-state index is 12.1. The van der Waals surface area contributed by atoms with Gasteiger partial charge >= 0.3 is 9.37 Å². The molecular formula is C6H6FOSi. The van der Waals surface area contributed by atoms with Crippen LogP contribution in [-0.4, -0.2) is 14.2 Å². The topological polar surface area (TPSA) is 20.2 Å². The first kappa shape index (κ1) is 6.45. The molecule has 0 saturated heterocycles. The van der Waals surface area contributed by atoms with Crippen LogP contribution in [0.15, 0.2) is 30.3 Å². The molecule has 0 aliphatic carbocycles. The van der Waals surface area contributed by atoms with Crippen molar-refractivity contribution in [2.45, 2.75) is 0 Å². The van der Waals surface area contributed by atoms with Gasteiger partial charge < -0.3 is 4.80 Å². The van der Waals surface area contributed by atoms with Gasteiger partial charge in [0.1, 0.15) is 0 Å². The van der Waals surface area contributed by atoms with Crippen LogP contribution in [0.1, 0.15) is 0 Å². The molecule has 0 unspecified atom stereocenters. The van der Waals surface area contributed by atoms with E-state index in [1.54, 1.807) is 30.3 Å². The smallest absolute Gasteiger partial charge is 0.403 e. The van der Waals surface area contributed by atoms with Crippen molar-refractivity contribution in [3.63, 3.8) is 0 Å². The Morgan fingerprint density at radius 2 is 1.78 bits per heavy atom. The molecule has 1 aromatic carbocycles. The highest BCUT2D eigenvalue weighted by Gasteiger charge is 2.08. The highest BCUT2D eigenvalue weighted by Crippen LogP contribution is 1.85. The van der Waals surface area contributed by atoms with Crippen molar-refractivity contribution in [1.82, 2.24) is 0 Å². The van der Waals surface area contributed by atoms with Crippen molar-refractivity contribution in [2.24, 2.45) is 0 Å². The maximum Gasteiger partial charge on any atom is 0.466 e. The van der Waals surface area contributed by atoms with Crippen LogP contribution in [0.5, 0.6) is 0 Å². The molecule has 0 aliphatic rings. The zero-order chi connectivity index (χ0) is 6.69. The van der Waals surface area contributed by atoms with E-state index in [1.807, 2.05) is 0 Å². The molecule has 1 rings (SSSR count). The maximum atomic E-state index is 12.1. The Balaban J connectivity index is 2.85. The van der Waals surface area contributed by atoms with E-state index >= 15 is 0 Å². The lowest BCUT2D eigenvalue weighted by atomic mass is 10.4. The molecule has 9 heavy (non-hydrogen) atoms. The average molecular weight is 141 g/mol. The Morgan fingerprint density at radius 3 is 2.11 bits per heavy atom. The number of halogens is 1. The third-order valence-corrected chi connectivity index (χ3v) is 1.82. The standard InChI is InChI=1S/C6H6FOSi/c7-9(8)6-4-2-1-3-5-6/h1-5,8H. The Kier molecular flexibility index (Phi) is 1.97. The van der Waals surface area contributed by atoms with Crippen LogP contribution >= 0.6 is 0 Å². The SMILES string of the molecule is O[Si](F)c1ccccc1. The molecule has 1 radical (unpaired) electrons. The first-order chi connectivity index (χ1) is 4.30. The molecule has 0 heterocycles. The summed E-state index contributed by atoms with van der Waals surface area (Å²) in [6.07, 6.45) is 0. The van der Waals surface area contributed by atoms with Crippen molar-refractivity contribution in [3.8, 4) is 0 Å². The molecular weight excluding hydrogens is 135 g/mol. The van der Waals surface area contributed by atoms with Gasteiger partial charge in [-0.05, 0) is 5.19 Å². The Hall–Kier alpha value is -0.673. The summed E-state index contributed by atoms with van der Waals surface area (Å²) in [5.41, 5.74) is 0. The summed E-state index contributed by atoms with van der Waals surface area (Å²) in [5, 5.41) is 0.405. The molecule has 0 spiro atoms. The van der Waals surface area contributed by atoms with E-state index in [0.29, 0.717) is 5.19 Å². The molecule has 1 nitrogen and oxygen atoms in total. The summed E-state index contributed by atoms with van der Waals surface area (Å²) < 4.78 is 12.1. The lowest BCUT2D eigenvalue weighted by Gasteiger charge is -1.92. The van der Waals surface area contributed by atoms with Crippen LogP contribution in [0, 0.1) is 0 Å². The molecule has 0 aliphatic heterocycles. The van der Waals surface area contributed by atoms with Crippen LogP contribution in [0.4, 0.5) is 4.11 Å². The minimum Gasteiger partial charge on any atom is -0.403 e. The van der Waals surface area contributed by atoms with Gasteiger partial charge in [-0.2, -0.15) is 0 Å². The monoisotopic (exact) mass is 141 g/mol. The largest absolute Gasteiger partial charge is 0.466 e. The normalized spacial score (nSPS) is 10.1. The van der Waals surface area contributed by atoms with E-state index in [0.717, 1.165) is 0 Å². The van der Waals surface area contributed by atoms with Crippen molar-refractivity contribution < 1.29 is 8.90 Å². The second-order valence-electron chi connectivity index (χ2n) is 1.66. The third kappa shape index (κ3) is 1.62. The highest BCUT2D eigenvalue weighted by molar-refractivity contribution is 6.59. The van der Waals surface area contributed by atoms with Crippen molar-refractivity contribution in [2.75, 3.05) is 0 Å². The number of hydrogen-bond acceptors (Lipinski definition) is 1. The predicted octanol–water partition coefficient (Wildman–Crippen LogP) is 0.344. The van der Waals surface area contributed by atoms with Gasteiger partial charge in [0.05, 0.1) is 0 Å². The van der Waals surface area contributed by atoms with E-state index in [4.69, 9.17) is 4.80 Å². The molecule has 0 aromatic heterocycles. The van der Waals surface area contributed by atoms with E-state index in [2.05, 4.69) is 0 Å². The molecule has 0 amide bonds. The molecule has 1 N–H and O–H groups in total. The number of hydrogen-bond donors (Lipinski definition) is 1. The van der Waals surface area contributed by atoms with Crippen LogP contribution < -0.4 is 5.19 Å². The molecule has 0 atom stereocenters. The van der Waals surface area contributed by atoms with Gasteiger partial charge in [0.2, 0.25) is 0 Å². The first-order valence-corrected chi connectivity index (χ1v) is 3.90. The highest BCUT2D eigenvalue weighted by atomic mass is 28.3. The summed E-state index contributed by atoms with van der Waals surface area (Å²) in [6.45, 7) is 0. The first-order valence-electron chi connectivity index (χ1n) is 2.57. The fourth-order valence-corrected chi connectivity index (χ4v) is 1.04. The minimum atomic E-state index is -2.71. The lowest BCUT2D eigenvalue weighted by molar-refractivity contribution is 0.515. The van der Waals surface area contributed by atoms with Crippen LogP contribution in [-0.2, 0) is 0 Å². The Morgan fingerprint density at radius 1 is 1.22 bits per heavy atom. The van der Waals surface area contributed by atoms with Gasteiger partial charge in [-0.3, -0.25) is 4.11 Å². The quantitative estimate of drug-likeness (QED) is 0.442. The summed E-state index contributed by atoms with van der Waals surface area (Å²) >= 11 is 0. The lowest BCUT2D eigenvalue weighted by Crippen LogP contribution is -2.24. The van der Waals surface area contributed by atoms with Crippen molar-refractivity contribution >= 4 is 14.6 Å². The fourth-order valence-electron chi connectivity index (χ4n) is 0.576. The molecule has 3 heteroatoms. The Labute approximate surface area is 54.7 Å². The zero-order valence-corrected chi connectivity index (χ0v) is 5.71. The van der Waals surface area contributed by atoms with Crippen LogP contribution in [0.25, 0.3) is 0 Å². The van der Waals surface area contributed by atoms with Gasteiger partial charge in [-0.15, -0.1) is 0 Å². The summed E-state index contributed by atoms with van der Waals surface area (Å²) in [7, 11) is -2.71. The summed E-state index contributed by atoms with van der Waals surface area (Å²) in [4.78, 5) is 8.46. The van der Waals surface area contributed by atoms with Gasteiger partial charge in [0, 0.05) is 0 Å². The average Bonchev–Trinajstić information content (AvgIpc) is 1.90. The predicted molar refractivity (Wildman–Crippen MR) is 35.2 cm³/mol. The van der Waals surface area contributed by atoms with E-state index in [-0.39, 0.29) is 0 Å². The van der Waals surface area contributed by atoms with Crippen molar-refractivity contribution in [3.05, 3.63) is 30.3 Å². The van der Waals surface area contributed by atoms with E-state index < -0.39 is 9.37 Å². The molecule has 47 valence electrons.